The molecule has 4 nitrogen and oxygen atoms in total. The van der Waals surface area contributed by atoms with Crippen molar-refractivity contribution in [2.75, 3.05) is 33.4 Å². The third-order valence-electron chi connectivity index (χ3n) is 4.07. The van der Waals surface area contributed by atoms with Crippen molar-refractivity contribution >= 4 is 5.91 Å². The summed E-state index contributed by atoms with van der Waals surface area (Å²) in [6, 6.07) is 8.93. The van der Waals surface area contributed by atoms with Crippen molar-refractivity contribution in [3.05, 3.63) is 35.4 Å². The molecule has 1 heterocycles. The third kappa shape index (κ3) is 4.83. The molecule has 2 rings (SSSR count). The van der Waals surface area contributed by atoms with Crippen LogP contribution in [0.15, 0.2) is 24.3 Å². The number of benzene rings is 1. The van der Waals surface area contributed by atoms with Crippen LogP contribution in [0.1, 0.15) is 36.4 Å². The first-order valence-electron chi connectivity index (χ1n) is 7.77. The molecule has 0 bridgehead atoms. The van der Waals surface area contributed by atoms with Crippen LogP contribution in [0.5, 0.6) is 0 Å². The molecule has 1 fully saturated rings. The first-order valence-corrected chi connectivity index (χ1v) is 7.77. The molecule has 1 aromatic rings. The molecule has 1 saturated heterocycles. The van der Waals surface area contributed by atoms with E-state index >= 15 is 0 Å². The Kier molecular flexibility index (Phi) is 6.21. The number of hydrogen-bond donors (Lipinski definition) is 1. The summed E-state index contributed by atoms with van der Waals surface area (Å²) in [7, 11) is 1.62. The quantitative estimate of drug-likeness (QED) is 0.837. The number of likely N-dealkylation sites (tertiary alicyclic amines) is 1. The van der Waals surface area contributed by atoms with E-state index in [1.807, 2.05) is 0 Å². The predicted octanol–water partition coefficient (Wildman–Crippen LogP) is 2.28. The van der Waals surface area contributed by atoms with E-state index in [0.29, 0.717) is 19.6 Å². The first-order chi connectivity index (χ1) is 10.2. The van der Waals surface area contributed by atoms with Crippen LogP contribution < -0.4 is 5.32 Å². The predicted molar refractivity (Wildman–Crippen MR) is 84.2 cm³/mol. The summed E-state index contributed by atoms with van der Waals surface area (Å²) in [4.78, 5) is 14.3. The number of rotatable bonds is 7. The van der Waals surface area contributed by atoms with Gasteiger partial charge in [0.15, 0.2) is 0 Å². The van der Waals surface area contributed by atoms with Crippen LogP contribution in [-0.4, -0.2) is 44.2 Å². The largest absolute Gasteiger partial charge is 0.384 e. The van der Waals surface area contributed by atoms with Gasteiger partial charge in [-0.2, -0.15) is 0 Å². The van der Waals surface area contributed by atoms with E-state index in [4.69, 9.17) is 4.74 Å². The highest BCUT2D eigenvalue weighted by Crippen LogP contribution is 2.24. The summed E-state index contributed by atoms with van der Waals surface area (Å²) >= 11 is 0. The Labute approximate surface area is 127 Å². The molecule has 0 spiro atoms. The van der Waals surface area contributed by atoms with E-state index in [-0.39, 0.29) is 11.9 Å². The molecule has 4 heteroatoms. The second-order valence-corrected chi connectivity index (χ2v) is 5.72. The Balaban J connectivity index is 1.98. The van der Waals surface area contributed by atoms with Gasteiger partial charge in [0.25, 0.3) is 0 Å². The van der Waals surface area contributed by atoms with Crippen LogP contribution in [-0.2, 0) is 9.53 Å². The Bertz CT molecular complexity index is 439. The van der Waals surface area contributed by atoms with Crippen LogP contribution in [0.4, 0.5) is 0 Å². The number of aryl methyl sites for hydroxylation is 1. The molecule has 0 saturated carbocycles. The second-order valence-electron chi connectivity index (χ2n) is 5.72. The minimum absolute atomic E-state index is 0.0631. The van der Waals surface area contributed by atoms with Crippen molar-refractivity contribution in [3.63, 3.8) is 0 Å². The molecule has 0 aliphatic carbocycles. The smallest absolute Gasteiger partial charge is 0.222 e. The Hall–Kier alpha value is -1.39. The monoisotopic (exact) mass is 290 g/mol. The Morgan fingerprint density at radius 1 is 1.29 bits per heavy atom. The van der Waals surface area contributed by atoms with E-state index in [1.165, 1.54) is 24.0 Å². The third-order valence-corrected chi connectivity index (χ3v) is 4.07. The maximum atomic E-state index is 11.8. The first kappa shape index (κ1) is 16.0. The average Bonchev–Trinajstić information content (AvgIpc) is 3.01. The maximum Gasteiger partial charge on any atom is 0.222 e. The highest BCUT2D eigenvalue weighted by molar-refractivity contribution is 5.76. The van der Waals surface area contributed by atoms with Crippen molar-refractivity contribution in [2.45, 2.75) is 32.2 Å². The van der Waals surface area contributed by atoms with E-state index in [2.05, 4.69) is 41.4 Å². The molecule has 1 aromatic carbocycles. The summed E-state index contributed by atoms with van der Waals surface area (Å²) < 4.78 is 4.95. The van der Waals surface area contributed by atoms with Gasteiger partial charge in [-0.15, -0.1) is 0 Å². The normalized spacial score (nSPS) is 16.9. The van der Waals surface area contributed by atoms with Gasteiger partial charge < -0.3 is 10.1 Å². The summed E-state index contributed by atoms with van der Waals surface area (Å²) in [5.74, 6) is 0.0631. The Morgan fingerprint density at radius 3 is 2.57 bits per heavy atom. The van der Waals surface area contributed by atoms with Crippen molar-refractivity contribution < 1.29 is 9.53 Å². The number of nitrogens with zero attached hydrogens (tertiary/aromatic N) is 1. The number of amides is 1. The molecule has 1 atom stereocenters. The highest BCUT2D eigenvalue weighted by atomic mass is 16.5. The fourth-order valence-electron chi connectivity index (χ4n) is 2.79. The van der Waals surface area contributed by atoms with Crippen molar-refractivity contribution in [2.24, 2.45) is 0 Å². The van der Waals surface area contributed by atoms with Crippen molar-refractivity contribution in [1.29, 1.82) is 0 Å². The van der Waals surface area contributed by atoms with Crippen molar-refractivity contribution in [1.82, 2.24) is 10.2 Å². The zero-order chi connectivity index (χ0) is 15.1. The zero-order valence-electron chi connectivity index (χ0n) is 13.1. The lowest BCUT2D eigenvalue weighted by molar-refractivity contribution is -0.122. The van der Waals surface area contributed by atoms with Crippen molar-refractivity contribution in [3.8, 4) is 0 Å². The number of methoxy groups -OCH3 is 1. The van der Waals surface area contributed by atoms with Gasteiger partial charge in [-0.1, -0.05) is 29.8 Å². The number of hydrogen-bond acceptors (Lipinski definition) is 3. The SMILES string of the molecule is COCCC(=O)NCC(c1ccc(C)cc1)N1CCCC1. The highest BCUT2D eigenvalue weighted by Gasteiger charge is 2.23. The number of nitrogens with one attached hydrogen (secondary N) is 1. The van der Waals surface area contributed by atoms with Crippen LogP contribution in [0.2, 0.25) is 0 Å². The molecule has 1 N–H and O–H groups in total. The van der Waals surface area contributed by atoms with E-state index in [9.17, 15) is 4.79 Å². The molecule has 1 amide bonds. The lowest BCUT2D eigenvalue weighted by Gasteiger charge is -2.28. The van der Waals surface area contributed by atoms with Crippen LogP contribution in [0.25, 0.3) is 0 Å². The van der Waals surface area contributed by atoms with Gasteiger partial charge in [-0.05, 0) is 38.4 Å². The van der Waals surface area contributed by atoms with Gasteiger partial charge in [-0.3, -0.25) is 9.69 Å². The molecular weight excluding hydrogens is 264 g/mol. The molecular formula is C17H26N2O2. The van der Waals surface area contributed by atoms with Crippen LogP contribution in [0, 0.1) is 6.92 Å². The number of ether oxygens (including phenoxy) is 1. The molecule has 0 radical (unpaired) electrons. The summed E-state index contributed by atoms with van der Waals surface area (Å²) in [5, 5.41) is 3.05. The van der Waals surface area contributed by atoms with Crippen LogP contribution >= 0.6 is 0 Å². The van der Waals surface area contributed by atoms with Gasteiger partial charge in [0.05, 0.1) is 12.6 Å². The molecule has 1 aliphatic rings. The van der Waals surface area contributed by atoms with E-state index < -0.39 is 0 Å². The summed E-state index contributed by atoms with van der Waals surface area (Å²) in [6.45, 7) is 5.48. The second kappa shape index (κ2) is 8.15. The van der Waals surface area contributed by atoms with Gasteiger partial charge in [0, 0.05) is 20.1 Å². The van der Waals surface area contributed by atoms with Gasteiger partial charge in [0.2, 0.25) is 5.91 Å². The average molecular weight is 290 g/mol. The van der Waals surface area contributed by atoms with Gasteiger partial charge in [-0.25, -0.2) is 0 Å². The van der Waals surface area contributed by atoms with E-state index in [0.717, 1.165) is 13.1 Å². The molecule has 116 valence electrons. The Morgan fingerprint density at radius 2 is 1.95 bits per heavy atom. The van der Waals surface area contributed by atoms with Gasteiger partial charge in [0.1, 0.15) is 0 Å². The van der Waals surface area contributed by atoms with Crippen LogP contribution in [0.3, 0.4) is 0 Å². The molecule has 1 aliphatic heterocycles. The lowest BCUT2D eigenvalue weighted by Crippen LogP contribution is -2.37. The summed E-state index contributed by atoms with van der Waals surface area (Å²) in [5.41, 5.74) is 2.55. The fourth-order valence-corrected chi connectivity index (χ4v) is 2.79. The number of carbonyl (C=O) groups excluding carboxylic acids is 1. The van der Waals surface area contributed by atoms with E-state index in [1.54, 1.807) is 7.11 Å². The molecule has 1 unspecified atom stereocenters. The minimum atomic E-state index is 0.0631. The maximum absolute atomic E-state index is 11.8. The minimum Gasteiger partial charge on any atom is -0.384 e. The lowest BCUT2D eigenvalue weighted by atomic mass is 10.0. The molecule has 21 heavy (non-hydrogen) atoms. The summed E-state index contributed by atoms with van der Waals surface area (Å²) in [6.07, 6.45) is 2.93. The molecule has 0 aromatic heterocycles. The standard InChI is InChI=1S/C17H26N2O2/c1-14-5-7-15(8-6-14)16(19-10-3-4-11-19)13-18-17(20)9-12-21-2/h5-8,16H,3-4,9-13H2,1-2H3,(H,18,20). The van der Waals surface area contributed by atoms with Gasteiger partial charge >= 0.3 is 0 Å². The fraction of sp³-hybridized carbons (Fsp3) is 0.588. The topological polar surface area (TPSA) is 41.6 Å². The zero-order valence-corrected chi connectivity index (χ0v) is 13.1. The number of carbonyl (C=O) groups is 1.